The summed E-state index contributed by atoms with van der Waals surface area (Å²) in [5.41, 5.74) is 4.13. The summed E-state index contributed by atoms with van der Waals surface area (Å²) in [5, 5.41) is 9.67. The molecule has 1 aromatic heterocycles. The summed E-state index contributed by atoms with van der Waals surface area (Å²) in [7, 11) is 0. The van der Waals surface area contributed by atoms with E-state index in [0.717, 1.165) is 25.9 Å². The van der Waals surface area contributed by atoms with Crippen LogP contribution in [0.3, 0.4) is 0 Å². The SMILES string of the molecule is CC(C)(O)C#Cc1ccc(C(=O)N2CCC(C(N)=O)([NH+]3CCCCC3)CC2)o1. The van der Waals surface area contributed by atoms with Gasteiger partial charge in [0.05, 0.1) is 13.1 Å². The number of piperidine rings is 2. The number of hydrogen-bond donors (Lipinski definition) is 3. The summed E-state index contributed by atoms with van der Waals surface area (Å²) in [6.07, 6.45) is 4.60. The third-order valence-electron chi connectivity index (χ3n) is 5.82. The lowest BCUT2D eigenvalue weighted by Gasteiger charge is -2.45. The van der Waals surface area contributed by atoms with Crippen LogP contribution in [-0.2, 0) is 4.79 Å². The lowest BCUT2D eigenvalue weighted by atomic mass is 9.83. The van der Waals surface area contributed by atoms with E-state index in [1.807, 2.05) is 0 Å². The molecule has 7 heteroatoms. The van der Waals surface area contributed by atoms with Gasteiger partial charge in [-0.15, -0.1) is 0 Å². The third kappa shape index (κ3) is 4.40. The molecule has 7 nitrogen and oxygen atoms in total. The van der Waals surface area contributed by atoms with Gasteiger partial charge in [-0.05, 0) is 51.2 Å². The molecule has 0 aromatic carbocycles. The third-order valence-corrected chi connectivity index (χ3v) is 5.82. The summed E-state index contributed by atoms with van der Waals surface area (Å²) >= 11 is 0. The molecule has 3 heterocycles. The lowest BCUT2D eigenvalue weighted by Crippen LogP contribution is -3.22. The van der Waals surface area contributed by atoms with Gasteiger partial charge in [0.1, 0.15) is 5.60 Å². The van der Waals surface area contributed by atoms with Crippen molar-refractivity contribution >= 4 is 11.8 Å². The Labute approximate surface area is 165 Å². The van der Waals surface area contributed by atoms with Crippen molar-refractivity contribution in [1.29, 1.82) is 0 Å². The van der Waals surface area contributed by atoms with Gasteiger partial charge >= 0.3 is 0 Å². The van der Waals surface area contributed by atoms with Crippen LogP contribution in [0.2, 0.25) is 0 Å². The number of nitrogens with two attached hydrogens (primary N) is 1. The summed E-state index contributed by atoms with van der Waals surface area (Å²) in [4.78, 5) is 28.1. The standard InChI is InChI=1S/C21H29N3O4/c1-20(2,27)9-8-16-6-7-17(28-16)18(25)23-14-10-21(11-15-23,19(22)26)24-12-4-3-5-13-24/h6-7,27H,3-5,10-15H2,1-2H3,(H2,22,26)/p+1. The van der Waals surface area contributed by atoms with Crippen molar-refractivity contribution in [2.24, 2.45) is 5.73 Å². The molecule has 3 rings (SSSR count). The molecule has 0 aliphatic carbocycles. The highest BCUT2D eigenvalue weighted by Gasteiger charge is 2.49. The Morgan fingerprint density at radius 3 is 2.43 bits per heavy atom. The van der Waals surface area contributed by atoms with E-state index in [4.69, 9.17) is 10.2 Å². The number of hydrogen-bond acceptors (Lipinski definition) is 4. The number of carbonyl (C=O) groups excluding carboxylic acids is 2. The van der Waals surface area contributed by atoms with Crippen molar-refractivity contribution in [3.05, 3.63) is 23.7 Å². The van der Waals surface area contributed by atoms with Crippen LogP contribution in [0.4, 0.5) is 0 Å². The number of amides is 2. The quantitative estimate of drug-likeness (QED) is 0.631. The van der Waals surface area contributed by atoms with E-state index in [1.54, 1.807) is 30.9 Å². The normalized spacial score (nSPS) is 20.3. The Balaban J connectivity index is 1.67. The number of likely N-dealkylation sites (tertiary alicyclic amines) is 2. The minimum atomic E-state index is -1.13. The van der Waals surface area contributed by atoms with Gasteiger partial charge < -0.3 is 25.1 Å². The average Bonchev–Trinajstić information content (AvgIpc) is 3.15. The van der Waals surface area contributed by atoms with E-state index < -0.39 is 11.1 Å². The summed E-state index contributed by atoms with van der Waals surface area (Å²) in [5.74, 6) is 5.50. The molecule has 4 N–H and O–H groups in total. The molecule has 0 bridgehead atoms. The first kappa shape index (κ1) is 20.4. The van der Waals surface area contributed by atoms with Crippen molar-refractivity contribution < 1.29 is 24.0 Å². The molecule has 2 aliphatic heterocycles. The van der Waals surface area contributed by atoms with E-state index in [2.05, 4.69) is 11.8 Å². The van der Waals surface area contributed by atoms with Crippen LogP contribution < -0.4 is 10.6 Å². The van der Waals surface area contributed by atoms with Crippen molar-refractivity contribution in [2.75, 3.05) is 26.2 Å². The van der Waals surface area contributed by atoms with E-state index in [9.17, 15) is 14.7 Å². The van der Waals surface area contributed by atoms with E-state index in [0.29, 0.717) is 31.7 Å². The average molecular weight is 388 g/mol. The zero-order chi connectivity index (χ0) is 20.4. The van der Waals surface area contributed by atoms with Crippen LogP contribution in [0, 0.1) is 11.8 Å². The van der Waals surface area contributed by atoms with Crippen LogP contribution in [0.15, 0.2) is 16.5 Å². The molecule has 152 valence electrons. The smallest absolute Gasteiger partial charge is 0.289 e. The zero-order valence-electron chi connectivity index (χ0n) is 16.7. The van der Waals surface area contributed by atoms with E-state index in [1.165, 1.54) is 11.3 Å². The summed E-state index contributed by atoms with van der Waals surface area (Å²) in [6, 6.07) is 3.23. The molecule has 2 aliphatic rings. The number of aliphatic hydroxyl groups is 1. The summed E-state index contributed by atoms with van der Waals surface area (Å²) < 4.78 is 5.54. The Morgan fingerprint density at radius 1 is 1.21 bits per heavy atom. The fourth-order valence-corrected chi connectivity index (χ4v) is 4.21. The molecule has 0 atom stereocenters. The van der Waals surface area contributed by atoms with Gasteiger partial charge in [0.15, 0.2) is 17.1 Å². The van der Waals surface area contributed by atoms with Gasteiger partial charge in [0.25, 0.3) is 11.8 Å². The number of quaternary nitrogens is 1. The number of nitrogens with one attached hydrogen (secondary N) is 1. The van der Waals surface area contributed by atoms with Crippen molar-refractivity contribution in [2.45, 2.75) is 57.1 Å². The molecule has 2 amide bonds. The molecule has 1 aromatic rings. The topological polar surface area (TPSA) is 101 Å². The minimum absolute atomic E-state index is 0.206. The molecule has 0 saturated carbocycles. The number of furan rings is 1. The number of nitrogens with zero attached hydrogens (tertiary/aromatic N) is 1. The molecule has 2 fully saturated rings. The van der Waals surface area contributed by atoms with Crippen molar-refractivity contribution in [3.63, 3.8) is 0 Å². The predicted octanol–water partition coefficient (Wildman–Crippen LogP) is -0.0691. The molecule has 0 unspecified atom stereocenters. The van der Waals surface area contributed by atoms with Crippen LogP contribution in [-0.4, -0.2) is 59.1 Å². The first-order valence-corrected chi connectivity index (χ1v) is 10.0. The Kier molecular flexibility index (Phi) is 5.82. The second-order valence-electron chi connectivity index (χ2n) is 8.38. The van der Waals surface area contributed by atoms with E-state index in [-0.39, 0.29) is 17.6 Å². The fourth-order valence-electron chi connectivity index (χ4n) is 4.21. The van der Waals surface area contributed by atoms with Crippen LogP contribution in [0.5, 0.6) is 0 Å². The maximum Gasteiger partial charge on any atom is 0.289 e. The van der Waals surface area contributed by atoms with Gasteiger partial charge in [0.2, 0.25) is 0 Å². The lowest BCUT2D eigenvalue weighted by molar-refractivity contribution is -0.948. The maximum atomic E-state index is 12.8. The number of carbonyl (C=O) groups is 2. The first-order valence-electron chi connectivity index (χ1n) is 10.0. The second kappa shape index (κ2) is 7.98. The Morgan fingerprint density at radius 2 is 1.86 bits per heavy atom. The van der Waals surface area contributed by atoms with Crippen LogP contribution in [0.1, 0.15) is 62.3 Å². The molecular formula is C21H30N3O4+. The predicted molar refractivity (Wildman–Crippen MR) is 103 cm³/mol. The van der Waals surface area contributed by atoms with Gasteiger partial charge in [0, 0.05) is 25.9 Å². The van der Waals surface area contributed by atoms with Gasteiger partial charge in [-0.1, -0.05) is 5.92 Å². The minimum Gasteiger partial charge on any atom is -0.443 e. The first-order chi connectivity index (χ1) is 13.2. The Bertz CT molecular complexity index is 783. The molecule has 0 spiro atoms. The maximum absolute atomic E-state index is 12.8. The number of rotatable bonds is 3. The monoisotopic (exact) mass is 388 g/mol. The van der Waals surface area contributed by atoms with Gasteiger partial charge in [-0.3, -0.25) is 9.59 Å². The molecule has 28 heavy (non-hydrogen) atoms. The molecule has 2 saturated heterocycles. The fraction of sp³-hybridized carbons (Fsp3) is 0.619. The summed E-state index contributed by atoms with van der Waals surface area (Å²) in [6.45, 7) is 6.07. The van der Waals surface area contributed by atoms with Crippen LogP contribution >= 0.6 is 0 Å². The highest BCUT2D eigenvalue weighted by molar-refractivity contribution is 5.92. The van der Waals surface area contributed by atoms with E-state index >= 15 is 0 Å². The van der Waals surface area contributed by atoms with Crippen molar-refractivity contribution in [3.8, 4) is 11.8 Å². The number of primary amides is 1. The highest BCUT2D eigenvalue weighted by atomic mass is 16.4. The molecule has 0 radical (unpaired) electrons. The van der Waals surface area contributed by atoms with Gasteiger partial charge in [-0.25, -0.2) is 0 Å². The zero-order valence-corrected chi connectivity index (χ0v) is 16.7. The van der Waals surface area contributed by atoms with Crippen LogP contribution in [0.25, 0.3) is 0 Å². The second-order valence-corrected chi connectivity index (χ2v) is 8.38. The van der Waals surface area contributed by atoms with Crippen molar-refractivity contribution in [1.82, 2.24) is 4.90 Å². The largest absolute Gasteiger partial charge is 0.443 e. The Hall–Kier alpha value is -2.30. The highest BCUT2D eigenvalue weighted by Crippen LogP contribution is 2.22. The van der Waals surface area contributed by atoms with Gasteiger partial charge in [-0.2, -0.15) is 0 Å². The molecular weight excluding hydrogens is 358 g/mol.